The van der Waals surface area contributed by atoms with Crippen LogP contribution in [0.3, 0.4) is 0 Å². The molecule has 2 heterocycles. The number of hydrogen-bond donors (Lipinski definition) is 1. The highest BCUT2D eigenvalue weighted by Crippen LogP contribution is 2.35. The summed E-state index contributed by atoms with van der Waals surface area (Å²) in [6, 6.07) is 10.2. The van der Waals surface area contributed by atoms with E-state index in [1.807, 2.05) is 49.3 Å². The maximum absolute atomic E-state index is 14.1. The van der Waals surface area contributed by atoms with Gasteiger partial charge in [0.1, 0.15) is 5.60 Å². The molecule has 2 aromatic rings. The van der Waals surface area contributed by atoms with E-state index in [0.29, 0.717) is 111 Å². The molecule has 18 nitrogen and oxygen atoms in total. The fourth-order valence-corrected chi connectivity index (χ4v) is 10.9. The number of benzene rings is 2. The molecule has 4 aliphatic rings. The fraction of sp³-hybridized carbons (Fsp3) is 0.730. The Morgan fingerprint density at radius 2 is 1.07 bits per heavy atom. The van der Waals surface area contributed by atoms with E-state index < -0.39 is 11.7 Å². The highest BCUT2D eigenvalue weighted by atomic mass is 35.5. The number of nitrogens with zero attached hydrogens (tertiary/aromatic N) is 5. The summed E-state index contributed by atoms with van der Waals surface area (Å²) in [6.07, 6.45) is 11.6. The lowest BCUT2D eigenvalue weighted by atomic mass is 9.93. The summed E-state index contributed by atoms with van der Waals surface area (Å²) in [5, 5.41) is 3.58. The second kappa shape index (κ2) is 34.7. The molecule has 0 radical (unpaired) electrons. The van der Waals surface area contributed by atoms with Crippen LogP contribution in [0.15, 0.2) is 36.4 Å². The van der Waals surface area contributed by atoms with E-state index in [2.05, 4.69) is 37.9 Å². The van der Waals surface area contributed by atoms with Crippen molar-refractivity contribution in [2.45, 2.75) is 194 Å². The number of piperidine rings is 2. The number of rotatable bonds is 30. The van der Waals surface area contributed by atoms with Crippen molar-refractivity contribution in [2.24, 2.45) is 11.8 Å². The van der Waals surface area contributed by atoms with Gasteiger partial charge < -0.3 is 63.0 Å². The quantitative estimate of drug-likeness (QED) is 0.0732. The van der Waals surface area contributed by atoms with Gasteiger partial charge in [0.05, 0.1) is 33.5 Å². The predicted molar refractivity (Wildman–Crippen MR) is 323 cm³/mol. The Hall–Kier alpha value is -5.04. The fourth-order valence-electron chi connectivity index (χ4n) is 10.9. The van der Waals surface area contributed by atoms with Gasteiger partial charge in [-0.25, -0.2) is 4.79 Å². The summed E-state index contributed by atoms with van der Waals surface area (Å²) < 4.78 is 38.8. The minimum absolute atomic E-state index is 0. The SMILES string of the molecule is CCCN(CC1CC1)C(=O)C[C@@H]1CCC(N(C(=O)c2ccc(OC)c(OCCCOC)c2)C(C)C)CN1.CCCN(CC1CC1)C(=O)C[C@@H]1CCC(N(C(=O)c2ccc(OC)c(OCCCOC)c2)C(C)C)CN1C(=O)OC(C)(C)C.Cl. The first kappa shape index (κ1) is 69.5. The van der Waals surface area contributed by atoms with Crippen LogP contribution in [0, 0.1) is 11.8 Å². The molecule has 0 bridgehead atoms. The second-order valence-corrected chi connectivity index (χ2v) is 24.1. The van der Waals surface area contributed by atoms with Gasteiger partial charge in [-0.3, -0.25) is 19.2 Å². The van der Waals surface area contributed by atoms with Crippen molar-refractivity contribution in [3.8, 4) is 23.0 Å². The molecule has 2 aromatic carbocycles. The molecule has 6 rings (SSSR count). The van der Waals surface area contributed by atoms with Crippen LogP contribution >= 0.6 is 12.4 Å². The standard InChI is InChI=1S/C34H55N3O7.C29H47N3O5.ClH/c1-9-17-35(22-25-11-12-25)31(38)21-27-14-15-28(23-36(27)33(40)44-34(4,5)6)37(24(2)3)32(39)26-13-16-29(42-8)30(20-26)43-19-10-18-41-7;1-6-14-31(20-22-8-9-22)28(33)18-24-11-12-25(19-30-24)32(21(2)3)29(34)23-10-13-26(36-5)27(17-23)37-16-7-15-35-4;/h13,16,20,24-25,27-28H,9-12,14-15,17-19,21-23H2,1-8H3;10,13,17,21-22,24-25,30H,6-9,11-12,14-16,18-20H2,1-5H3;1H/t27-,28?;24-,25?;/m00./s1. The van der Waals surface area contributed by atoms with Crippen molar-refractivity contribution in [1.82, 2.24) is 29.8 Å². The third-order valence-electron chi connectivity index (χ3n) is 15.4. The van der Waals surface area contributed by atoms with Crippen molar-refractivity contribution < 1.29 is 57.1 Å². The monoisotopic (exact) mass is 1170 g/mol. The maximum Gasteiger partial charge on any atom is 0.410 e. The Bertz CT molecular complexity index is 2280. The van der Waals surface area contributed by atoms with Gasteiger partial charge in [0.25, 0.3) is 11.8 Å². The number of hydrogen-bond acceptors (Lipinski definition) is 13. The van der Waals surface area contributed by atoms with Crippen molar-refractivity contribution in [1.29, 1.82) is 0 Å². The van der Waals surface area contributed by atoms with E-state index in [4.69, 9.17) is 33.2 Å². The topological polar surface area (TPSA) is 178 Å². The zero-order valence-corrected chi connectivity index (χ0v) is 52.9. The smallest absolute Gasteiger partial charge is 0.410 e. The first-order valence-electron chi connectivity index (χ1n) is 30.3. The lowest BCUT2D eigenvalue weighted by Crippen LogP contribution is -2.58. The van der Waals surface area contributed by atoms with E-state index in [1.165, 1.54) is 25.7 Å². The van der Waals surface area contributed by atoms with E-state index in [9.17, 15) is 24.0 Å². The highest BCUT2D eigenvalue weighted by Gasteiger charge is 2.41. The number of methoxy groups -OCH3 is 4. The van der Waals surface area contributed by atoms with E-state index in [-0.39, 0.29) is 78.7 Å². The van der Waals surface area contributed by atoms with Crippen LogP contribution in [-0.4, -0.2) is 190 Å². The summed E-state index contributed by atoms with van der Waals surface area (Å²) in [6.45, 7) is 24.2. The second-order valence-electron chi connectivity index (χ2n) is 24.1. The Kier molecular flexibility index (Phi) is 29.4. The molecule has 2 saturated heterocycles. The maximum atomic E-state index is 14.1. The Morgan fingerprint density at radius 3 is 1.48 bits per heavy atom. The highest BCUT2D eigenvalue weighted by molar-refractivity contribution is 5.96. The molecular formula is C63H103ClN6O12. The van der Waals surface area contributed by atoms with Crippen molar-refractivity contribution in [2.75, 3.05) is 94.1 Å². The summed E-state index contributed by atoms with van der Waals surface area (Å²) in [7, 11) is 6.48. The molecular weight excluding hydrogens is 1070 g/mol. The van der Waals surface area contributed by atoms with Gasteiger partial charge in [-0.15, -0.1) is 12.4 Å². The van der Waals surface area contributed by atoms with Gasteiger partial charge >= 0.3 is 6.09 Å². The van der Waals surface area contributed by atoms with Gasteiger partial charge in [0.2, 0.25) is 11.8 Å². The zero-order chi connectivity index (χ0) is 59.2. The normalized spacial score (nSPS) is 18.8. The molecule has 464 valence electrons. The minimum Gasteiger partial charge on any atom is -0.493 e. The Balaban J connectivity index is 0.000000353. The van der Waals surface area contributed by atoms with Crippen LogP contribution in [0.5, 0.6) is 23.0 Å². The van der Waals surface area contributed by atoms with Gasteiger partial charge in [0.15, 0.2) is 23.0 Å². The van der Waals surface area contributed by atoms with E-state index in [0.717, 1.165) is 58.3 Å². The van der Waals surface area contributed by atoms with Crippen LogP contribution in [0.4, 0.5) is 4.79 Å². The molecule has 2 aliphatic carbocycles. The third kappa shape index (κ3) is 21.9. The summed E-state index contributed by atoms with van der Waals surface area (Å²) in [4.78, 5) is 77.3. The minimum atomic E-state index is -0.685. The lowest BCUT2D eigenvalue weighted by molar-refractivity contribution is -0.133. The van der Waals surface area contributed by atoms with Crippen LogP contribution in [-0.2, 0) is 23.8 Å². The molecule has 82 heavy (non-hydrogen) atoms. The molecule has 2 aliphatic heterocycles. The van der Waals surface area contributed by atoms with Crippen molar-refractivity contribution >= 4 is 42.1 Å². The van der Waals surface area contributed by atoms with E-state index >= 15 is 0 Å². The number of halogens is 1. The molecule has 2 unspecified atom stereocenters. The number of amides is 5. The van der Waals surface area contributed by atoms with Crippen molar-refractivity contribution in [3.05, 3.63) is 47.5 Å². The average molecular weight is 1170 g/mol. The third-order valence-corrected chi connectivity index (χ3v) is 15.4. The molecule has 1 N–H and O–H groups in total. The largest absolute Gasteiger partial charge is 0.493 e. The number of nitrogens with one attached hydrogen (secondary N) is 1. The van der Waals surface area contributed by atoms with Gasteiger partial charge in [-0.1, -0.05) is 13.8 Å². The zero-order valence-electron chi connectivity index (χ0n) is 52.1. The van der Waals surface area contributed by atoms with Gasteiger partial charge in [-0.05, 0) is 161 Å². The van der Waals surface area contributed by atoms with Crippen molar-refractivity contribution in [3.63, 3.8) is 0 Å². The molecule has 5 amide bonds. The Labute approximate surface area is 497 Å². The number of carbonyl (C=O) groups is 5. The first-order valence-corrected chi connectivity index (χ1v) is 30.3. The Morgan fingerprint density at radius 1 is 0.610 bits per heavy atom. The van der Waals surface area contributed by atoms with Gasteiger partial charge in [-0.2, -0.15) is 0 Å². The average Bonchev–Trinajstić information content (AvgIpc) is 4.42. The number of ether oxygens (including phenoxy) is 7. The number of carbonyl (C=O) groups excluding carboxylic acids is 5. The summed E-state index contributed by atoms with van der Waals surface area (Å²) >= 11 is 0. The summed E-state index contributed by atoms with van der Waals surface area (Å²) in [5.74, 6) is 3.72. The number of likely N-dealkylation sites (tertiary alicyclic amines) is 1. The van der Waals surface area contributed by atoms with Gasteiger partial charge in [0, 0.05) is 134 Å². The molecule has 0 spiro atoms. The molecule has 4 fully saturated rings. The molecule has 2 saturated carbocycles. The molecule has 19 heteroatoms. The summed E-state index contributed by atoms with van der Waals surface area (Å²) in [5.41, 5.74) is 0.385. The molecule has 4 atom stereocenters. The lowest BCUT2D eigenvalue weighted by Gasteiger charge is -2.45. The van der Waals surface area contributed by atoms with Crippen LogP contribution in [0.1, 0.15) is 173 Å². The molecule has 0 aromatic heterocycles. The van der Waals surface area contributed by atoms with Crippen LogP contribution in [0.25, 0.3) is 0 Å². The first-order chi connectivity index (χ1) is 38.7. The predicted octanol–water partition coefficient (Wildman–Crippen LogP) is 10.3. The van der Waals surface area contributed by atoms with E-state index in [1.54, 1.807) is 69.7 Å². The van der Waals surface area contributed by atoms with Crippen LogP contribution < -0.4 is 24.3 Å². The van der Waals surface area contributed by atoms with Crippen LogP contribution in [0.2, 0.25) is 0 Å².